The van der Waals surface area contributed by atoms with E-state index in [1.165, 1.54) is 9.80 Å². The third kappa shape index (κ3) is 10.3. The quantitative estimate of drug-likeness (QED) is 0.394. The molecule has 3 N–H and O–H groups in total. The second-order valence-corrected chi connectivity index (χ2v) is 13.9. The van der Waals surface area contributed by atoms with Crippen molar-refractivity contribution in [3.8, 4) is 0 Å². The first-order valence-electron chi connectivity index (χ1n) is 16.0. The lowest BCUT2D eigenvalue weighted by Gasteiger charge is -2.37. The van der Waals surface area contributed by atoms with Crippen LogP contribution >= 0.6 is 0 Å². The van der Waals surface area contributed by atoms with Gasteiger partial charge in [0.2, 0.25) is 29.5 Å². The summed E-state index contributed by atoms with van der Waals surface area (Å²) in [7, 11) is 3.17. The first-order valence-corrected chi connectivity index (χ1v) is 16.0. The highest BCUT2D eigenvalue weighted by atomic mass is 16.2. The molecule has 10 nitrogen and oxygen atoms in total. The maximum atomic E-state index is 14.2. The number of carbonyl (C=O) groups excluding carboxylic acids is 5. The zero-order valence-electron chi connectivity index (χ0n) is 28.3. The van der Waals surface area contributed by atoms with Gasteiger partial charge in [-0.25, -0.2) is 0 Å². The predicted molar refractivity (Wildman–Crippen MR) is 172 cm³/mol. The summed E-state index contributed by atoms with van der Waals surface area (Å²) >= 11 is 0. The fourth-order valence-corrected chi connectivity index (χ4v) is 5.62. The molecule has 0 aliphatic carbocycles. The molecule has 1 aromatic carbocycles. The molecule has 2 rings (SSSR count). The van der Waals surface area contributed by atoms with Gasteiger partial charge in [-0.15, -0.1) is 0 Å². The van der Waals surface area contributed by atoms with Gasteiger partial charge in [-0.1, -0.05) is 85.7 Å². The number of nitrogens with one attached hydrogen (secondary N) is 3. The van der Waals surface area contributed by atoms with Gasteiger partial charge in [0.25, 0.3) is 0 Å². The van der Waals surface area contributed by atoms with Crippen molar-refractivity contribution in [2.75, 3.05) is 14.1 Å². The van der Waals surface area contributed by atoms with E-state index in [1.54, 1.807) is 14.1 Å². The maximum Gasteiger partial charge on any atom is 0.245 e. The van der Waals surface area contributed by atoms with E-state index in [2.05, 4.69) is 16.0 Å². The summed E-state index contributed by atoms with van der Waals surface area (Å²) < 4.78 is 0. The monoisotopic (exact) mass is 613 g/mol. The molecule has 0 saturated carbocycles. The van der Waals surface area contributed by atoms with Gasteiger partial charge in [0.1, 0.15) is 30.2 Å². The van der Waals surface area contributed by atoms with Crippen LogP contribution in [0.15, 0.2) is 30.3 Å². The van der Waals surface area contributed by atoms with Crippen molar-refractivity contribution in [3.05, 3.63) is 35.9 Å². The molecule has 10 heteroatoms. The fourth-order valence-electron chi connectivity index (χ4n) is 5.62. The molecule has 0 unspecified atom stereocenters. The van der Waals surface area contributed by atoms with E-state index in [0.29, 0.717) is 19.3 Å². The predicted octanol–water partition coefficient (Wildman–Crippen LogP) is 3.15. The maximum absolute atomic E-state index is 14.2. The van der Waals surface area contributed by atoms with Crippen LogP contribution in [0.2, 0.25) is 0 Å². The molecule has 0 radical (unpaired) electrons. The van der Waals surface area contributed by atoms with E-state index in [0.717, 1.165) is 5.56 Å². The van der Waals surface area contributed by atoms with Gasteiger partial charge in [-0.2, -0.15) is 0 Å². The van der Waals surface area contributed by atoms with Gasteiger partial charge in [0, 0.05) is 20.5 Å². The molecule has 1 saturated heterocycles. The van der Waals surface area contributed by atoms with Crippen molar-refractivity contribution in [3.63, 3.8) is 0 Å². The fraction of sp³-hybridized carbons (Fsp3) is 0.676. The highest BCUT2D eigenvalue weighted by Crippen LogP contribution is 2.20. The van der Waals surface area contributed by atoms with E-state index < -0.39 is 53.8 Å². The summed E-state index contributed by atoms with van der Waals surface area (Å²) in [5.74, 6) is -2.28. The van der Waals surface area contributed by atoms with Gasteiger partial charge in [-0.3, -0.25) is 24.0 Å². The number of benzene rings is 1. The first-order chi connectivity index (χ1) is 20.5. The Hall–Kier alpha value is -3.43. The van der Waals surface area contributed by atoms with Crippen LogP contribution in [0.5, 0.6) is 0 Å². The Morgan fingerprint density at radius 3 is 1.61 bits per heavy atom. The van der Waals surface area contributed by atoms with Crippen molar-refractivity contribution in [1.29, 1.82) is 0 Å². The molecule has 1 heterocycles. The molecule has 1 aromatic rings. The van der Waals surface area contributed by atoms with E-state index in [-0.39, 0.29) is 36.0 Å². The molecule has 0 aromatic heterocycles. The van der Waals surface area contributed by atoms with Gasteiger partial charge in [0.05, 0.1) is 0 Å². The Labute approximate surface area is 264 Å². The largest absolute Gasteiger partial charge is 0.343 e. The van der Waals surface area contributed by atoms with Crippen LogP contribution in [-0.2, 0) is 30.4 Å². The van der Waals surface area contributed by atoms with Crippen molar-refractivity contribution in [2.45, 2.75) is 111 Å². The molecule has 1 aliphatic heterocycles. The minimum atomic E-state index is -0.980. The average molecular weight is 614 g/mol. The highest BCUT2D eigenvalue weighted by Gasteiger charge is 2.40. The Bertz CT molecular complexity index is 1140. The summed E-state index contributed by atoms with van der Waals surface area (Å²) in [4.78, 5) is 72.5. The smallest absolute Gasteiger partial charge is 0.245 e. The zero-order chi connectivity index (χ0) is 33.3. The SMILES string of the molecule is CC(C)C[C@@H]1NC(=O)[C@H](C(C)C)NC(=O)[C@H](CC(C)C)N(C)C(=O)[C@@H](CC(C)C)N(C)C(=O)[C@H](Cc2ccccc2)NC1=O. The number of amides is 5. The minimum Gasteiger partial charge on any atom is -0.343 e. The number of nitrogens with zero attached hydrogens (tertiary/aromatic N) is 2. The second kappa shape index (κ2) is 16.6. The van der Waals surface area contributed by atoms with Crippen molar-refractivity contribution in [2.24, 2.45) is 23.7 Å². The number of likely N-dealkylation sites (N-methyl/N-ethyl adjacent to an activating group) is 2. The Morgan fingerprint density at radius 1 is 0.591 bits per heavy atom. The van der Waals surface area contributed by atoms with E-state index in [9.17, 15) is 24.0 Å². The molecule has 0 spiro atoms. The van der Waals surface area contributed by atoms with Crippen LogP contribution in [0.1, 0.15) is 80.2 Å². The molecule has 1 fully saturated rings. The average Bonchev–Trinajstić information content (AvgIpc) is 2.94. The van der Waals surface area contributed by atoms with Crippen LogP contribution in [-0.4, -0.2) is 83.6 Å². The second-order valence-electron chi connectivity index (χ2n) is 13.9. The summed E-state index contributed by atoms with van der Waals surface area (Å²) in [5, 5.41) is 8.68. The standard InChI is InChI=1S/C34H55N5O5/c1-20(2)16-25-30(40)36-26(19-24-14-12-11-13-15-24)33(43)39(10)28(18-22(5)6)34(44)38(9)27(17-21(3)4)31(41)37-29(23(7)8)32(42)35-25/h11-15,20-23,25-29H,16-19H2,1-10H3,(H,35,42)(H,36,40)(H,37,41)/t25-,26-,27-,28+,29-/m0/s1. The molecular weight excluding hydrogens is 558 g/mol. The van der Waals surface area contributed by atoms with E-state index in [4.69, 9.17) is 0 Å². The summed E-state index contributed by atoms with van der Waals surface area (Å²) in [6, 6.07) is 4.83. The van der Waals surface area contributed by atoms with Gasteiger partial charge in [-0.05, 0) is 48.5 Å². The van der Waals surface area contributed by atoms with Gasteiger partial charge in [0.15, 0.2) is 0 Å². The zero-order valence-corrected chi connectivity index (χ0v) is 28.3. The lowest BCUT2D eigenvalue weighted by molar-refractivity contribution is -0.149. The molecule has 5 atom stereocenters. The third-order valence-corrected chi connectivity index (χ3v) is 8.09. The first kappa shape index (κ1) is 36.8. The number of hydrogen-bond acceptors (Lipinski definition) is 5. The van der Waals surface area contributed by atoms with Gasteiger partial charge >= 0.3 is 0 Å². The molecule has 1 aliphatic rings. The molecule has 5 amide bonds. The highest BCUT2D eigenvalue weighted by molar-refractivity contribution is 5.98. The Kier molecular flexibility index (Phi) is 13.9. The Morgan fingerprint density at radius 2 is 1.09 bits per heavy atom. The van der Waals surface area contributed by atoms with Crippen LogP contribution in [0.25, 0.3) is 0 Å². The number of rotatable bonds is 9. The lowest BCUT2D eigenvalue weighted by Crippen LogP contribution is -2.59. The van der Waals surface area contributed by atoms with E-state index in [1.807, 2.05) is 85.7 Å². The molecule has 0 bridgehead atoms. The summed E-state index contributed by atoms with van der Waals surface area (Å²) in [6.07, 6.45) is 1.30. The van der Waals surface area contributed by atoms with Crippen molar-refractivity contribution in [1.82, 2.24) is 25.8 Å². The molecule has 44 heavy (non-hydrogen) atoms. The number of hydrogen-bond donors (Lipinski definition) is 3. The van der Waals surface area contributed by atoms with Gasteiger partial charge < -0.3 is 25.8 Å². The van der Waals surface area contributed by atoms with Crippen LogP contribution in [0.4, 0.5) is 0 Å². The van der Waals surface area contributed by atoms with Crippen LogP contribution < -0.4 is 16.0 Å². The molecular formula is C34H55N5O5. The van der Waals surface area contributed by atoms with Crippen LogP contribution in [0.3, 0.4) is 0 Å². The minimum absolute atomic E-state index is 0.0586. The summed E-state index contributed by atoms with van der Waals surface area (Å²) in [5.41, 5.74) is 0.845. The van der Waals surface area contributed by atoms with Crippen LogP contribution in [0, 0.1) is 23.7 Å². The van der Waals surface area contributed by atoms with Crippen molar-refractivity contribution < 1.29 is 24.0 Å². The Balaban J connectivity index is 2.72. The van der Waals surface area contributed by atoms with E-state index >= 15 is 0 Å². The summed E-state index contributed by atoms with van der Waals surface area (Å²) in [6.45, 7) is 15.4. The third-order valence-electron chi connectivity index (χ3n) is 8.09. The van der Waals surface area contributed by atoms with Crippen molar-refractivity contribution >= 4 is 29.5 Å². The topological polar surface area (TPSA) is 128 Å². The molecule has 246 valence electrons. The normalized spacial score (nSPS) is 24.9. The number of carbonyl (C=O) groups is 5. The lowest BCUT2D eigenvalue weighted by atomic mass is 9.96.